The van der Waals surface area contributed by atoms with E-state index in [-0.39, 0.29) is 12.5 Å². The number of amides is 1. The van der Waals surface area contributed by atoms with Gasteiger partial charge in [0.2, 0.25) is 5.91 Å². The molecule has 0 radical (unpaired) electrons. The maximum absolute atomic E-state index is 11.7. The van der Waals surface area contributed by atoms with Crippen molar-refractivity contribution in [2.24, 2.45) is 0 Å². The summed E-state index contributed by atoms with van der Waals surface area (Å²) in [6.07, 6.45) is -1.54. The molecule has 2 atom stereocenters. The number of carbonyl (C=O) groups excluding carboxylic acids is 1. The van der Waals surface area contributed by atoms with Crippen molar-refractivity contribution in [3.05, 3.63) is 29.3 Å². The zero-order chi connectivity index (χ0) is 13.1. The first-order valence-corrected chi connectivity index (χ1v) is 6.06. The number of carbonyl (C=O) groups is 1. The van der Waals surface area contributed by atoms with Gasteiger partial charge in [0.25, 0.3) is 0 Å². The molecule has 1 heterocycles. The zero-order valence-electron chi connectivity index (χ0n) is 9.71. The summed E-state index contributed by atoms with van der Waals surface area (Å²) in [6.45, 7) is 0.779. The molecular formula is C12H15ClN2O3. The van der Waals surface area contributed by atoms with Crippen LogP contribution in [0.15, 0.2) is 24.3 Å². The highest BCUT2D eigenvalue weighted by molar-refractivity contribution is 6.30. The summed E-state index contributed by atoms with van der Waals surface area (Å²) in [4.78, 5) is 13.4. The van der Waals surface area contributed by atoms with Crippen LogP contribution in [0.2, 0.25) is 5.02 Å². The molecule has 98 valence electrons. The maximum atomic E-state index is 11.7. The van der Waals surface area contributed by atoms with Crippen LogP contribution in [-0.2, 0) is 4.79 Å². The molecule has 0 aromatic heterocycles. The second-order valence-corrected chi connectivity index (χ2v) is 4.82. The second kappa shape index (κ2) is 5.67. The Morgan fingerprint density at radius 1 is 1.28 bits per heavy atom. The number of halogens is 1. The molecule has 1 aliphatic rings. The normalized spacial score (nSPS) is 24.2. The van der Waals surface area contributed by atoms with E-state index in [4.69, 9.17) is 11.6 Å². The van der Waals surface area contributed by atoms with Gasteiger partial charge in [-0.05, 0) is 24.3 Å². The SMILES string of the molecule is O=C(CN1C[C@@H](O)[C@@H](O)C1)Nc1ccc(Cl)cc1. The third-order valence-corrected chi connectivity index (χ3v) is 3.08. The number of nitrogens with zero attached hydrogens (tertiary/aromatic N) is 1. The Kier molecular flexibility index (Phi) is 4.19. The quantitative estimate of drug-likeness (QED) is 0.739. The molecular weight excluding hydrogens is 256 g/mol. The van der Waals surface area contributed by atoms with Crippen LogP contribution in [0.1, 0.15) is 0 Å². The Balaban J connectivity index is 1.84. The molecule has 0 spiro atoms. The van der Waals surface area contributed by atoms with Crippen LogP contribution in [0.3, 0.4) is 0 Å². The van der Waals surface area contributed by atoms with Crippen LogP contribution in [0.5, 0.6) is 0 Å². The minimum atomic E-state index is -0.770. The van der Waals surface area contributed by atoms with Crippen LogP contribution in [0.25, 0.3) is 0 Å². The third-order valence-electron chi connectivity index (χ3n) is 2.83. The minimum absolute atomic E-state index is 0.150. The van der Waals surface area contributed by atoms with E-state index in [9.17, 15) is 15.0 Å². The molecule has 1 saturated heterocycles. The Labute approximate surface area is 110 Å². The molecule has 5 nitrogen and oxygen atoms in total. The average molecular weight is 271 g/mol. The smallest absolute Gasteiger partial charge is 0.238 e. The lowest BCUT2D eigenvalue weighted by atomic mass is 10.3. The number of nitrogens with one attached hydrogen (secondary N) is 1. The van der Waals surface area contributed by atoms with E-state index in [1.165, 1.54) is 0 Å². The van der Waals surface area contributed by atoms with E-state index in [2.05, 4.69) is 5.32 Å². The Morgan fingerprint density at radius 2 is 1.83 bits per heavy atom. The predicted molar refractivity (Wildman–Crippen MR) is 68.5 cm³/mol. The van der Waals surface area contributed by atoms with E-state index in [1.807, 2.05) is 0 Å². The number of aliphatic hydroxyl groups is 2. The molecule has 0 unspecified atom stereocenters. The van der Waals surface area contributed by atoms with Crippen molar-refractivity contribution in [3.63, 3.8) is 0 Å². The van der Waals surface area contributed by atoms with Gasteiger partial charge in [-0.25, -0.2) is 0 Å². The molecule has 0 saturated carbocycles. The standard InChI is InChI=1S/C12H15ClN2O3/c13-8-1-3-9(4-2-8)14-12(18)7-15-5-10(16)11(17)6-15/h1-4,10-11,16-17H,5-7H2,(H,14,18)/t10-,11+. The van der Waals surface area contributed by atoms with Gasteiger partial charge in [0.05, 0.1) is 18.8 Å². The number of anilines is 1. The lowest BCUT2D eigenvalue weighted by Gasteiger charge is -2.14. The van der Waals surface area contributed by atoms with Crippen LogP contribution >= 0.6 is 11.6 Å². The molecule has 0 bridgehead atoms. The molecule has 3 N–H and O–H groups in total. The summed E-state index contributed by atoms with van der Waals surface area (Å²) < 4.78 is 0. The summed E-state index contributed by atoms with van der Waals surface area (Å²) >= 11 is 5.74. The molecule has 18 heavy (non-hydrogen) atoms. The first-order chi connectivity index (χ1) is 8.54. The number of hydrogen-bond acceptors (Lipinski definition) is 4. The number of hydrogen-bond donors (Lipinski definition) is 3. The first-order valence-electron chi connectivity index (χ1n) is 5.68. The average Bonchev–Trinajstić information content (AvgIpc) is 2.61. The monoisotopic (exact) mass is 270 g/mol. The van der Waals surface area contributed by atoms with Crippen molar-refractivity contribution in [2.45, 2.75) is 12.2 Å². The fourth-order valence-corrected chi connectivity index (χ4v) is 2.04. The van der Waals surface area contributed by atoms with E-state index >= 15 is 0 Å². The first kappa shape index (κ1) is 13.3. The zero-order valence-corrected chi connectivity index (χ0v) is 10.5. The van der Waals surface area contributed by atoms with Crippen LogP contribution in [-0.4, -0.2) is 52.9 Å². The van der Waals surface area contributed by atoms with E-state index in [1.54, 1.807) is 29.2 Å². The van der Waals surface area contributed by atoms with Gasteiger partial charge in [0, 0.05) is 23.8 Å². The molecule has 2 rings (SSSR count). The lowest BCUT2D eigenvalue weighted by Crippen LogP contribution is -2.32. The molecule has 6 heteroatoms. The van der Waals surface area contributed by atoms with Gasteiger partial charge in [-0.2, -0.15) is 0 Å². The third kappa shape index (κ3) is 3.43. The van der Waals surface area contributed by atoms with Crippen LogP contribution in [0, 0.1) is 0 Å². The van der Waals surface area contributed by atoms with Crippen molar-refractivity contribution in [1.82, 2.24) is 4.90 Å². The van der Waals surface area contributed by atoms with Gasteiger partial charge < -0.3 is 15.5 Å². The van der Waals surface area contributed by atoms with E-state index in [0.717, 1.165) is 0 Å². The Hall–Kier alpha value is -1.14. The number of β-amino-alcohol motifs (C(OH)–C–C–N with tert-alkyl or cyclic N) is 2. The summed E-state index contributed by atoms with van der Waals surface area (Å²) in [6, 6.07) is 6.82. The van der Waals surface area contributed by atoms with Crippen molar-refractivity contribution in [3.8, 4) is 0 Å². The van der Waals surface area contributed by atoms with Crippen molar-refractivity contribution < 1.29 is 15.0 Å². The second-order valence-electron chi connectivity index (χ2n) is 4.38. The van der Waals surface area contributed by atoms with Crippen molar-refractivity contribution in [2.75, 3.05) is 25.0 Å². The molecule has 0 aliphatic carbocycles. The highest BCUT2D eigenvalue weighted by atomic mass is 35.5. The Bertz CT molecular complexity index is 414. The molecule has 1 aliphatic heterocycles. The summed E-state index contributed by atoms with van der Waals surface area (Å²) in [7, 11) is 0. The minimum Gasteiger partial charge on any atom is -0.389 e. The fraction of sp³-hybridized carbons (Fsp3) is 0.417. The predicted octanol–water partition coefficient (Wildman–Crippen LogP) is 0.316. The molecule has 1 aromatic carbocycles. The summed E-state index contributed by atoms with van der Waals surface area (Å²) in [5.74, 6) is -0.182. The van der Waals surface area contributed by atoms with Gasteiger partial charge in [-0.1, -0.05) is 11.6 Å². The van der Waals surface area contributed by atoms with Gasteiger partial charge in [0.1, 0.15) is 0 Å². The van der Waals surface area contributed by atoms with Crippen molar-refractivity contribution >= 4 is 23.2 Å². The largest absolute Gasteiger partial charge is 0.389 e. The number of benzene rings is 1. The summed E-state index contributed by atoms with van der Waals surface area (Å²) in [5, 5.41) is 22.1. The topological polar surface area (TPSA) is 72.8 Å². The van der Waals surface area contributed by atoms with Gasteiger partial charge in [-0.15, -0.1) is 0 Å². The molecule has 1 aromatic rings. The highest BCUT2D eigenvalue weighted by Gasteiger charge is 2.30. The molecule has 1 fully saturated rings. The number of aliphatic hydroxyl groups excluding tert-OH is 2. The number of rotatable bonds is 3. The summed E-state index contributed by atoms with van der Waals surface area (Å²) in [5.41, 5.74) is 0.671. The van der Waals surface area contributed by atoms with Gasteiger partial charge in [-0.3, -0.25) is 9.69 Å². The Morgan fingerprint density at radius 3 is 2.39 bits per heavy atom. The fourth-order valence-electron chi connectivity index (χ4n) is 1.91. The number of likely N-dealkylation sites (tertiary alicyclic amines) is 1. The van der Waals surface area contributed by atoms with Gasteiger partial charge >= 0.3 is 0 Å². The molecule has 1 amide bonds. The van der Waals surface area contributed by atoms with Crippen molar-refractivity contribution in [1.29, 1.82) is 0 Å². The van der Waals surface area contributed by atoms with Crippen LogP contribution < -0.4 is 5.32 Å². The van der Waals surface area contributed by atoms with E-state index < -0.39 is 12.2 Å². The highest BCUT2D eigenvalue weighted by Crippen LogP contribution is 2.14. The van der Waals surface area contributed by atoms with Crippen LogP contribution in [0.4, 0.5) is 5.69 Å². The van der Waals surface area contributed by atoms with Gasteiger partial charge in [0.15, 0.2) is 0 Å². The van der Waals surface area contributed by atoms with E-state index in [0.29, 0.717) is 23.8 Å². The lowest BCUT2D eigenvalue weighted by molar-refractivity contribution is -0.117. The maximum Gasteiger partial charge on any atom is 0.238 e.